The molecule has 2 rings (SSSR count). The Labute approximate surface area is 132 Å². The minimum absolute atomic E-state index is 0.174. The molecule has 2 aromatic carbocycles. The van der Waals surface area contributed by atoms with Gasteiger partial charge in [0.2, 0.25) is 0 Å². The van der Waals surface area contributed by atoms with Gasteiger partial charge in [-0.15, -0.1) is 0 Å². The molecule has 0 spiro atoms. The van der Waals surface area contributed by atoms with Crippen LogP contribution < -0.4 is 10.1 Å². The molecule has 0 aliphatic rings. The summed E-state index contributed by atoms with van der Waals surface area (Å²) in [5.41, 5.74) is 1.65. The van der Waals surface area contributed by atoms with Gasteiger partial charge in [0, 0.05) is 9.13 Å². The van der Waals surface area contributed by atoms with Gasteiger partial charge in [-0.25, -0.2) is 4.39 Å². The van der Waals surface area contributed by atoms with Crippen LogP contribution in [0.3, 0.4) is 0 Å². The highest BCUT2D eigenvalue weighted by atomic mass is 127. The van der Waals surface area contributed by atoms with E-state index in [9.17, 15) is 4.39 Å². The molecule has 4 heteroatoms. The molecule has 0 aromatic heterocycles. The van der Waals surface area contributed by atoms with Crippen molar-refractivity contribution in [1.82, 2.24) is 5.32 Å². The Kier molecular flexibility index (Phi) is 5.37. The largest absolute Gasteiger partial charge is 0.494 e. The van der Waals surface area contributed by atoms with Gasteiger partial charge >= 0.3 is 0 Å². The van der Waals surface area contributed by atoms with Crippen LogP contribution in [0.15, 0.2) is 42.5 Å². The van der Waals surface area contributed by atoms with E-state index < -0.39 is 0 Å². The van der Waals surface area contributed by atoms with Gasteiger partial charge in [0.25, 0.3) is 0 Å². The second kappa shape index (κ2) is 7.04. The monoisotopic (exact) mass is 385 g/mol. The lowest BCUT2D eigenvalue weighted by Gasteiger charge is -2.20. The summed E-state index contributed by atoms with van der Waals surface area (Å²) in [4.78, 5) is 0. The molecule has 2 nitrogen and oxygen atoms in total. The zero-order chi connectivity index (χ0) is 14.5. The molecule has 20 heavy (non-hydrogen) atoms. The molecule has 2 aromatic rings. The summed E-state index contributed by atoms with van der Waals surface area (Å²) in [6, 6.07) is 13.2. The molecule has 0 fully saturated rings. The maximum Gasteiger partial charge on any atom is 0.170 e. The number of hydrogen-bond donors (Lipinski definition) is 1. The number of methoxy groups -OCH3 is 1. The molecule has 0 saturated heterocycles. The number of halogens is 2. The van der Waals surface area contributed by atoms with E-state index in [1.165, 1.54) is 7.11 Å². The standard InChI is InChI=1S/C16H17FINO/c1-3-19-16(11-7-9-12(18)10-8-11)13-5-4-6-14(20-2)15(13)17/h4-10,16,19H,3H2,1-2H3. The Morgan fingerprint density at radius 1 is 1.20 bits per heavy atom. The van der Waals surface area contributed by atoms with Crippen molar-refractivity contribution >= 4 is 22.6 Å². The Hall–Kier alpha value is -1.14. The van der Waals surface area contributed by atoms with E-state index >= 15 is 0 Å². The lowest BCUT2D eigenvalue weighted by atomic mass is 9.98. The van der Waals surface area contributed by atoms with Gasteiger partial charge in [0.05, 0.1) is 13.2 Å². The van der Waals surface area contributed by atoms with E-state index in [0.29, 0.717) is 5.56 Å². The van der Waals surface area contributed by atoms with E-state index in [0.717, 1.165) is 15.7 Å². The summed E-state index contributed by atoms with van der Waals surface area (Å²) in [7, 11) is 1.48. The molecule has 1 N–H and O–H groups in total. The first kappa shape index (κ1) is 15.3. The molecule has 0 aliphatic heterocycles. The van der Waals surface area contributed by atoms with Crippen molar-refractivity contribution in [2.45, 2.75) is 13.0 Å². The van der Waals surface area contributed by atoms with E-state index in [-0.39, 0.29) is 17.6 Å². The van der Waals surface area contributed by atoms with Crippen LogP contribution in [0, 0.1) is 9.39 Å². The van der Waals surface area contributed by atoms with Crippen LogP contribution in [0.4, 0.5) is 4.39 Å². The minimum Gasteiger partial charge on any atom is -0.494 e. The van der Waals surface area contributed by atoms with Gasteiger partial charge in [-0.05, 0) is 52.9 Å². The van der Waals surface area contributed by atoms with Crippen molar-refractivity contribution < 1.29 is 9.13 Å². The molecule has 0 bridgehead atoms. The highest BCUT2D eigenvalue weighted by Gasteiger charge is 2.19. The molecule has 106 valence electrons. The van der Waals surface area contributed by atoms with E-state index in [2.05, 4.69) is 27.9 Å². The number of ether oxygens (including phenoxy) is 1. The number of benzene rings is 2. The summed E-state index contributed by atoms with van der Waals surface area (Å²) in [6.45, 7) is 2.77. The predicted octanol–water partition coefficient (Wildman–Crippen LogP) is 4.14. The Balaban J connectivity index is 2.45. The van der Waals surface area contributed by atoms with E-state index in [1.54, 1.807) is 12.1 Å². The quantitative estimate of drug-likeness (QED) is 0.782. The van der Waals surface area contributed by atoms with Gasteiger partial charge in [-0.3, -0.25) is 0 Å². The fraction of sp³-hybridized carbons (Fsp3) is 0.250. The smallest absolute Gasteiger partial charge is 0.170 e. The molecular weight excluding hydrogens is 368 g/mol. The van der Waals surface area contributed by atoms with Crippen LogP contribution >= 0.6 is 22.6 Å². The van der Waals surface area contributed by atoms with Crippen LogP contribution in [0.1, 0.15) is 24.1 Å². The first-order chi connectivity index (χ1) is 9.67. The highest BCUT2D eigenvalue weighted by molar-refractivity contribution is 14.1. The molecule has 0 aliphatic carbocycles. The van der Waals surface area contributed by atoms with Gasteiger partial charge in [-0.1, -0.05) is 31.2 Å². The minimum atomic E-state index is -0.306. The third-order valence-electron chi connectivity index (χ3n) is 3.14. The van der Waals surface area contributed by atoms with Gasteiger partial charge < -0.3 is 10.1 Å². The van der Waals surface area contributed by atoms with Crippen LogP contribution in [-0.2, 0) is 0 Å². The molecule has 1 unspecified atom stereocenters. The molecule has 0 saturated carbocycles. The molecule has 0 radical (unpaired) electrons. The lowest BCUT2D eigenvalue weighted by Crippen LogP contribution is -2.23. The first-order valence-electron chi connectivity index (χ1n) is 6.48. The van der Waals surface area contributed by atoms with Crippen molar-refractivity contribution in [2.24, 2.45) is 0 Å². The molecule has 0 amide bonds. The molecule has 1 atom stereocenters. The van der Waals surface area contributed by atoms with Gasteiger partial charge in [0.15, 0.2) is 11.6 Å². The van der Waals surface area contributed by atoms with Crippen LogP contribution in [-0.4, -0.2) is 13.7 Å². The maximum absolute atomic E-state index is 14.4. The Morgan fingerprint density at radius 3 is 2.50 bits per heavy atom. The third kappa shape index (κ3) is 3.30. The summed E-state index contributed by atoms with van der Waals surface area (Å²) in [5.74, 6) is -0.0320. The SMILES string of the molecule is CCNC(c1ccc(I)cc1)c1cccc(OC)c1F. The summed E-state index contributed by atoms with van der Waals surface area (Å²) < 4.78 is 20.7. The average Bonchev–Trinajstić information content (AvgIpc) is 2.47. The number of hydrogen-bond acceptors (Lipinski definition) is 2. The molecular formula is C16H17FINO. The number of nitrogens with one attached hydrogen (secondary N) is 1. The maximum atomic E-state index is 14.4. The third-order valence-corrected chi connectivity index (χ3v) is 3.85. The van der Waals surface area contributed by atoms with Crippen LogP contribution in [0.5, 0.6) is 5.75 Å². The van der Waals surface area contributed by atoms with E-state index in [1.807, 2.05) is 37.3 Å². The van der Waals surface area contributed by atoms with Crippen LogP contribution in [0.2, 0.25) is 0 Å². The normalized spacial score (nSPS) is 12.2. The zero-order valence-electron chi connectivity index (χ0n) is 11.5. The highest BCUT2D eigenvalue weighted by Crippen LogP contribution is 2.29. The fourth-order valence-electron chi connectivity index (χ4n) is 2.18. The number of rotatable bonds is 5. The average molecular weight is 385 g/mol. The second-order valence-electron chi connectivity index (χ2n) is 4.41. The fourth-order valence-corrected chi connectivity index (χ4v) is 2.53. The van der Waals surface area contributed by atoms with Crippen molar-refractivity contribution in [3.05, 3.63) is 63.0 Å². The lowest BCUT2D eigenvalue weighted by molar-refractivity contribution is 0.382. The molecule has 0 heterocycles. The van der Waals surface area contributed by atoms with Crippen LogP contribution in [0.25, 0.3) is 0 Å². The summed E-state index contributed by atoms with van der Waals surface area (Å²) >= 11 is 2.26. The van der Waals surface area contributed by atoms with Crippen molar-refractivity contribution in [2.75, 3.05) is 13.7 Å². The van der Waals surface area contributed by atoms with Gasteiger partial charge in [-0.2, -0.15) is 0 Å². The van der Waals surface area contributed by atoms with Crippen molar-refractivity contribution in [1.29, 1.82) is 0 Å². The topological polar surface area (TPSA) is 21.3 Å². The van der Waals surface area contributed by atoms with Gasteiger partial charge in [0.1, 0.15) is 0 Å². The Bertz CT molecular complexity index is 571. The van der Waals surface area contributed by atoms with E-state index in [4.69, 9.17) is 4.74 Å². The van der Waals surface area contributed by atoms with Crippen molar-refractivity contribution in [3.63, 3.8) is 0 Å². The van der Waals surface area contributed by atoms with Crippen molar-refractivity contribution in [3.8, 4) is 5.75 Å². The first-order valence-corrected chi connectivity index (χ1v) is 7.56. The summed E-state index contributed by atoms with van der Waals surface area (Å²) in [6.07, 6.45) is 0. The zero-order valence-corrected chi connectivity index (χ0v) is 13.6. The Morgan fingerprint density at radius 2 is 1.90 bits per heavy atom. The predicted molar refractivity (Wildman–Crippen MR) is 87.6 cm³/mol. The summed E-state index contributed by atoms with van der Waals surface area (Å²) in [5, 5.41) is 3.33. The second-order valence-corrected chi connectivity index (χ2v) is 5.65.